The SMILES string of the molecule is Cn1cc(CC(C)(C)O)c2cc(F)ccc21. The molecule has 0 spiro atoms. The van der Waals surface area contributed by atoms with Gasteiger partial charge < -0.3 is 9.67 Å². The molecule has 0 aliphatic carbocycles. The molecule has 2 rings (SSSR count). The second-order valence-corrected chi connectivity index (χ2v) is 4.92. The Morgan fingerprint density at radius 2 is 2.06 bits per heavy atom. The Bertz CT molecular complexity index is 522. The van der Waals surface area contributed by atoms with E-state index < -0.39 is 5.60 Å². The molecule has 0 fully saturated rings. The van der Waals surface area contributed by atoms with Gasteiger partial charge in [-0.25, -0.2) is 4.39 Å². The van der Waals surface area contributed by atoms with Gasteiger partial charge in [-0.05, 0) is 37.6 Å². The number of aliphatic hydroxyl groups is 1. The molecule has 0 saturated heterocycles. The van der Waals surface area contributed by atoms with Gasteiger partial charge in [0.1, 0.15) is 5.82 Å². The fourth-order valence-corrected chi connectivity index (χ4v) is 2.05. The molecule has 0 atom stereocenters. The van der Waals surface area contributed by atoms with Crippen molar-refractivity contribution in [1.29, 1.82) is 0 Å². The van der Waals surface area contributed by atoms with Gasteiger partial charge in [0.05, 0.1) is 5.60 Å². The molecule has 0 amide bonds. The second kappa shape index (κ2) is 3.59. The van der Waals surface area contributed by atoms with E-state index in [2.05, 4.69) is 0 Å². The summed E-state index contributed by atoms with van der Waals surface area (Å²) in [6.07, 6.45) is 2.47. The summed E-state index contributed by atoms with van der Waals surface area (Å²) in [5.74, 6) is -0.240. The summed E-state index contributed by atoms with van der Waals surface area (Å²) in [7, 11) is 1.92. The van der Waals surface area contributed by atoms with Crippen molar-refractivity contribution in [3.8, 4) is 0 Å². The van der Waals surface area contributed by atoms with Crippen LogP contribution in [-0.2, 0) is 13.5 Å². The van der Waals surface area contributed by atoms with Crippen LogP contribution in [0.25, 0.3) is 10.9 Å². The highest BCUT2D eigenvalue weighted by atomic mass is 19.1. The number of benzene rings is 1. The van der Waals surface area contributed by atoms with Gasteiger partial charge in [-0.2, -0.15) is 0 Å². The van der Waals surface area contributed by atoms with Crippen LogP contribution in [-0.4, -0.2) is 15.3 Å². The number of hydrogen-bond donors (Lipinski definition) is 1. The molecule has 16 heavy (non-hydrogen) atoms. The first-order valence-corrected chi connectivity index (χ1v) is 5.33. The lowest BCUT2D eigenvalue weighted by Crippen LogP contribution is -2.21. The van der Waals surface area contributed by atoms with Crippen LogP contribution in [0.15, 0.2) is 24.4 Å². The first kappa shape index (κ1) is 11.1. The Labute approximate surface area is 94.3 Å². The Morgan fingerprint density at radius 1 is 1.38 bits per heavy atom. The first-order valence-electron chi connectivity index (χ1n) is 5.33. The van der Waals surface area contributed by atoms with E-state index in [1.165, 1.54) is 12.1 Å². The maximum atomic E-state index is 13.2. The van der Waals surface area contributed by atoms with Crippen LogP contribution < -0.4 is 0 Å². The third-order valence-corrected chi connectivity index (χ3v) is 2.66. The fourth-order valence-electron chi connectivity index (χ4n) is 2.05. The van der Waals surface area contributed by atoms with E-state index in [9.17, 15) is 9.50 Å². The van der Waals surface area contributed by atoms with Crippen molar-refractivity contribution in [3.63, 3.8) is 0 Å². The fraction of sp³-hybridized carbons (Fsp3) is 0.385. The van der Waals surface area contributed by atoms with Crippen LogP contribution in [0, 0.1) is 5.82 Å². The molecule has 1 aromatic carbocycles. The van der Waals surface area contributed by atoms with Crippen molar-refractivity contribution in [2.45, 2.75) is 25.9 Å². The molecule has 0 radical (unpaired) electrons. The maximum absolute atomic E-state index is 13.2. The lowest BCUT2D eigenvalue weighted by Gasteiger charge is -2.16. The van der Waals surface area contributed by atoms with Gasteiger partial charge in [0.2, 0.25) is 0 Å². The summed E-state index contributed by atoms with van der Waals surface area (Å²) in [5, 5.41) is 10.7. The van der Waals surface area contributed by atoms with Crippen molar-refractivity contribution in [3.05, 3.63) is 35.8 Å². The average molecular weight is 221 g/mol. The molecule has 2 aromatic rings. The number of aryl methyl sites for hydroxylation is 1. The Balaban J connectivity index is 2.57. The first-order chi connectivity index (χ1) is 7.37. The standard InChI is InChI=1S/C13H16FNO/c1-13(2,16)7-9-8-15(3)12-5-4-10(14)6-11(9)12/h4-6,8,16H,7H2,1-3H3. The molecule has 1 heterocycles. The number of nitrogens with zero attached hydrogens (tertiary/aromatic N) is 1. The van der Waals surface area contributed by atoms with Crippen LogP contribution in [0.3, 0.4) is 0 Å². The molecule has 0 bridgehead atoms. The molecule has 2 nitrogen and oxygen atoms in total. The molecular formula is C13H16FNO. The Kier molecular flexibility index (Phi) is 2.50. The van der Waals surface area contributed by atoms with E-state index in [0.29, 0.717) is 6.42 Å². The summed E-state index contributed by atoms with van der Waals surface area (Å²) in [6.45, 7) is 3.51. The number of fused-ring (bicyclic) bond motifs is 1. The summed E-state index contributed by atoms with van der Waals surface area (Å²) in [4.78, 5) is 0. The maximum Gasteiger partial charge on any atom is 0.123 e. The van der Waals surface area contributed by atoms with Gasteiger partial charge in [-0.3, -0.25) is 0 Å². The minimum absolute atomic E-state index is 0.240. The van der Waals surface area contributed by atoms with Gasteiger partial charge >= 0.3 is 0 Å². The van der Waals surface area contributed by atoms with E-state index in [0.717, 1.165) is 16.5 Å². The number of rotatable bonds is 2. The number of hydrogen-bond acceptors (Lipinski definition) is 1. The third-order valence-electron chi connectivity index (χ3n) is 2.66. The zero-order valence-electron chi connectivity index (χ0n) is 9.79. The van der Waals surface area contributed by atoms with Crippen LogP contribution in [0.1, 0.15) is 19.4 Å². The van der Waals surface area contributed by atoms with Crippen LogP contribution in [0.5, 0.6) is 0 Å². The lowest BCUT2D eigenvalue weighted by atomic mass is 9.98. The minimum atomic E-state index is -0.777. The zero-order valence-corrected chi connectivity index (χ0v) is 9.79. The predicted octanol–water partition coefficient (Wildman–Crippen LogP) is 2.63. The minimum Gasteiger partial charge on any atom is -0.390 e. The third kappa shape index (κ3) is 2.09. The van der Waals surface area contributed by atoms with Crippen molar-refractivity contribution in [2.24, 2.45) is 7.05 Å². The smallest absolute Gasteiger partial charge is 0.123 e. The summed E-state index contributed by atoms with van der Waals surface area (Å²) >= 11 is 0. The molecule has 0 aliphatic heterocycles. The summed E-state index contributed by atoms with van der Waals surface area (Å²) in [6, 6.07) is 4.74. The van der Waals surface area contributed by atoms with Crippen molar-refractivity contribution < 1.29 is 9.50 Å². The average Bonchev–Trinajstić information content (AvgIpc) is 2.40. The highest BCUT2D eigenvalue weighted by molar-refractivity contribution is 5.84. The van der Waals surface area contributed by atoms with E-state index in [1.807, 2.05) is 17.8 Å². The van der Waals surface area contributed by atoms with Gasteiger partial charge in [-0.15, -0.1) is 0 Å². The van der Waals surface area contributed by atoms with Gasteiger partial charge in [0, 0.05) is 30.6 Å². The Morgan fingerprint density at radius 3 is 2.69 bits per heavy atom. The molecule has 0 unspecified atom stereocenters. The normalized spacial score (nSPS) is 12.3. The van der Waals surface area contributed by atoms with E-state index >= 15 is 0 Å². The summed E-state index contributed by atoms with van der Waals surface area (Å²) in [5.41, 5.74) is 1.19. The molecule has 1 N–H and O–H groups in total. The van der Waals surface area contributed by atoms with Crippen molar-refractivity contribution in [1.82, 2.24) is 4.57 Å². The van der Waals surface area contributed by atoms with Gasteiger partial charge in [-0.1, -0.05) is 0 Å². The molecular weight excluding hydrogens is 205 g/mol. The predicted molar refractivity (Wildman–Crippen MR) is 62.9 cm³/mol. The van der Waals surface area contributed by atoms with Crippen molar-refractivity contribution in [2.75, 3.05) is 0 Å². The summed E-state index contributed by atoms with van der Waals surface area (Å²) < 4.78 is 15.1. The molecule has 3 heteroatoms. The molecule has 1 aromatic heterocycles. The lowest BCUT2D eigenvalue weighted by molar-refractivity contribution is 0.0813. The quantitative estimate of drug-likeness (QED) is 0.828. The van der Waals surface area contributed by atoms with E-state index in [-0.39, 0.29) is 5.82 Å². The van der Waals surface area contributed by atoms with E-state index in [1.54, 1.807) is 19.9 Å². The zero-order chi connectivity index (χ0) is 11.9. The highest BCUT2D eigenvalue weighted by Crippen LogP contribution is 2.25. The second-order valence-electron chi connectivity index (χ2n) is 4.92. The van der Waals surface area contributed by atoms with Crippen molar-refractivity contribution >= 4 is 10.9 Å². The largest absolute Gasteiger partial charge is 0.390 e. The van der Waals surface area contributed by atoms with Crippen LogP contribution >= 0.6 is 0 Å². The van der Waals surface area contributed by atoms with Gasteiger partial charge in [0.15, 0.2) is 0 Å². The number of halogens is 1. The van der Waals surface area contributed by atoms with Crippen LogP contribution in [0.2, 0.25) is 0 Å². The molecule has 0 aliphatic rings. The number of aromatic nitrogens is 1. The topological polar surface area (TPSA) is 25.2 Å². The highest BCUT2D eigenvalue weighted by Gasteiger charge is 2.17. The Hall–Kier alpha value is -1.35. The monoisotopic (exact) mass is 221 g/mol. The van der Waals surface area contributed by atoms with E-state index in [4.69, 9.17) is 0 Å². The molecule has 86 valence electrons. The van der Waals surface area contributed by atoms with Gasteiger partial charge in [0.25, 0.3) is 0 Å². The molecule has 0 saturated carbocycles. The van der Waals surface area contributed by atoms with Crippen LogP contribution in [0.4, 0.5) is 4.39 Å².